The number of ether oxygens (including phenoxy) is 1. The molecule has 1 heterocycles. The zero-order valence-electron chi connectivity index (χ0n) is 11.4. The van der Waals surface area contributed by atoms with Crippen LogP contribution in [0.15, 0.2) is 30.7 Å². The molecule has 2 aromatic rings. The van der Waals surface area contributed by atoms with Gasteiger partial charge < -0.3 is 15.0 Å². The lowest BCUT2D eigenvalue weighted by atomic mass is 10.1. The number of hydrogen-bond donors (Lipinski definition) is 1. The van der Waals surface area contributed by atoms with Crippen molar-refractivity contribution in [3.63, 3.8) is 0 Å². The van der Waals surface area contributed by atoms with E-state index in [2.05, 4.69) is 9.55 Å². The van der Waals surface area contributed by atoms with Crippen LogP contribution in [0.1, 0.15) is 43.1 Å². The molecule has 1 saturated carbocycles. The van der Waals surface area contributed by atoms with Crippen LogP contribution in [0.5, 0.6) is 5.75 Å². The summed E-state index contributed by atoms with van der Waals surface area (Å²) in [5, 5.41) is 0. The van der Waals surface area contributed by atoms with Crippen LogP contribution in [0.25, 0.3) is 0 Å². The van der Waals surface area contributed by atoms with Crippen molar-refractivity contribution < 1.29 is 9.13 Å². The predicted molar refractivity (Wildman–Crippen MR) is 73.8 cm³/mol. The van der Waals surface area contributed by atoms with Crippen LogP contribution in [-0.4, -0.2) is 9.55 Å². The molecule has 2 N–H and O–H groups in total. The number of nitrogens with zero attached hydrogens (tertiary/aromatic N) is 2. The average Bonchev–Trinajstić information content (AvgIpc) is 3.15. The Morgan fingerprint density at radius 3 is 2.95 bits per heavy atom. The van der Waals surface area contributed by atoms with Gasteiger partial charge in [0.1, 0.15) is 18.2 Å². The molecular formula is C15H18FN3O. The quantitative estimate of drug-likeness (QED) is 0.912. The zero-order chi connectivity index (χ0) is 14.1. The molecule has 1 aromatic heterocycles. The lowest BCUT2D eigenvalue weighted by Crippen LogP contribution is -2.08. The number of hydrogen-bond acceptors (Lipinski definition) is 3. The maximum atomic E-state index is 13.8. The van der Waals surface area contributed by atoms with E-state index in [1.807, 2.05) is 6.33 Å². The largest absolute Gasteiger partial charge is 0.487 e. The molecule has 5 heteroatoms. The summed E-state index contributed by atoms with van der Waals surface area (Å²) < 4.78 is 21.6. The van der Waals surface area contributed by atoms with Crippen LogP contribution in [0.2, 0.25) is 0 Å². The molecule has 0 saturated heterocycles. The van der Waals surface area contributed by atoms with Gasteiger partial charge in [0, 0.05) is 23.7 Å². The molecule has 0 spiro atoms. The van der Waals surface area contributed by atoms with E-state index in [-0.39, 0.29) is 11.9 Å². The number of imidazole rings is 1. The summed E-state index contributed by atoms with van der Waals surface area (Å²) in [7, 11) is 0. The van der Waals surface area contributed by atoms with Crippen molar-refractivity contribution in [2.75, 3.05) is 0 Å². The number of benzene rings is 1. The van der Waals surface area contributed by atoms with Crippen molar-refractivity contribution in [3.8, 4) is 5.75 Å². The summed E-state index contributed by atoms with van der Waals surface area (Å²) in [6.45, 7) is 2.15. The summed E-state index contributed by atoms with van der Waals surface area (Å²) in [6, 6.07) is 5.05. The van der Waals surface area contributed by atoms with Crippen molar-refractivity contribution in [3.05, 3.63) is 47.8 Å². The molecule has 0 radical (unpaired) electrons. The maximum absolute atomic E-state index is 13.8. The van der Waals surface area contributed by atoms with Gasteiger partial charge in [0.25, 0.3) is 0 Å². The molecule has 0 bridgehead atoms. The van der Waals surface area contributed by atoms with Gasteiger partial charge in [-0.05, 0) is 25.8 Å². The molecule has 4 nitrogen and oxygen atoms in total. The number of nitrogens with two attached hydrogens (primary N) is 1. The van der Waals surface area contributed by atoms with Crippen molar-refractivity contribution >= 4 is 0 Å². The first kappa shape index (κ1) is 13.1. The second-order valence-electron chi connectivity index (χ2n) is 5.28. The number of halogens is 1. The highest BCUT2D eigenvalue weighted by atomic mass is 19.1. The van der Waals surface area contributed by atoms with Gasteiger partial charge in [0.15, 0.2) is 0 Å². The Kier molecular flexibility index (Phi) is 3.44. The normalized spacial score (nSPS) is 16.1. The van der Waals surface area contributed by atoms with Crippen molar-refractivity contribution in [2.45, 2.75) is 38.5 Å². The first-order valence-corrected chi connectivity index (χ1v) is 6.83. The highest BCUT2D eigenvalue weighted by molar-refractivity contribution is 5.30. The van der Waals surface area contributed by atoms with E-state index in [4.69, 9.17) is 10.5 Å². The van der Waals surface area contributed by atoms with Gasteiger partial charge in [-0.2, -0.15) is 0 Å². The third kappa shape index (κ3) is 2.67. The van der Waals surface area contributed by atoms with E-state index in [0.717, 1.165) is 5.69 Å². The van der Waals surface area contributed by atoms with Crippen LogP contribution < -0.4 is 10.5 Å². The summed E-state index contributed by atoms with van der Waals surface area (Å²) in [5.74, 6) is 0.184. The van der Waals surface area contributed by atoms with E-state index in [0.29, 0.717) is 24.0 Å². The molecule has 106 valence electrons. The summed E-state index contributed by atoms with van der Waals surface area (Å²) in [5.41, 5.74) is 7.20. The van der Waals surface area contributed by atoms with Gasteiger partial charge in [-0.15, -0.1) is 0 Å². The van der Waals surface area contributed by atoms with Crippen molar-refractivity contribution in [2.24, 2.45) is 5.73 Å². The Labute approximate surface area is 117 Å². The Morgan fingerprint density at radius 2 is 2.30 bits per heavy atom. The molecule has 1 atom stereocenters. The van der Waals surface area contributed by atoms with Crippen LogP contribution in [0.4, 0.5) is 4.39 Å². The topological polar surface area (TPSA) is 53.1 Å². The van der Waals surface area contributed by atoms with E-state index in [9.17, 15) is 4.39 Å². The van der Waals surface area contributed by atoms with Gasteiger partial charge in [0.05, 0.1) is 18.2 Å². The average molecular weight is 275 g/mol. The minimum atomic E-state index is -0.326. The molecule has 3 rings (SSSR count). The summed E-state index contributed by atoms with van der Waals surface area (Å²) in [6.07, 6.45) is 6.02. The van der Waals surface area contributed by atoms with Crippen LogP contribution in [0.3, 0.4) is 0 Å². The smallest absolute Gasteiger partial charge is 0.131 e. The van der Waals surface area contributed by atoms with Crippen LogP contribution in [0, 0.1) is 5.82 Å². The van der Waals surface area contributed by atoms with Crippen molar-refractivity contribution in [1.29, 1.82) is 0 Å². The summed E-state index contributed by atoms with van der Waals surface area (Å²) in [4.78, 5) is 4.14. The Hall–Kier alpha value is -1.88. The lowest BCUT2D eigenvalue weighted by molar-refractivity contribution is 0.293. The van der Waals surface area contributed by atoms with E-state index >= 15 is 0 Å². The zero-order valence-corrected chi connectivity index (χ0v) is 11.4. The van der Waals surface area contributed by atoms with E-state index in [1.54, 1.807) is 25.3 Å². The van der Waals surface area contributed by atoms with E-state index in [1.165, 1.54) is 18.9 Å². The van der Waals surface area contributed by atoms with Gasteiger partial charge in [-0.3, -0.25) is 0 Å². The minimum absolute atomic E-state index is 0.319. The minimum Gasteiger partial charge on any atom is -0.487 e. The Bertz CT molecular complexity index is 605. The second-order valence-corrected chi connectivity index (χ2v) is 5.28. The fourth-order valence-corrected chi connectivity index (χ4v) is 2.25. The van der Waals surface area contributed by atoms with Crippen LogP contribution >= 0.6 is 0 Å². The third-order valence-electron chi connectivity index (χ3n) is 3.54. The van der Waals surface area contributed by atoms with Crippen LogP contribution in [-0.2, 0) is 6.61 Å². The second kappa shape index (κ2) is 5.25. The SMILES string of the molecule is CC(N)c1ccc(OCc2cncn2C2CC2)cc1F. The van der Waals surface area contributed by atoms with E-state index < -0.39 is 0 Å². The molecule has 1 unspecified atom stereocenters. The summed E-state index contributed by atoms with van der Waals surface area (Å²) >= 11 is 0. The third-order valence-corrected chi connectivity index (χ3v) is 3.54. The van der Waals surface area contributed by atoms with Gasteiger partial charge in [0.2, 0.25) is 0 Å². The maximum Gasteiger partial charge on any atom is 0.131 e. The van der Waals surface area contributed by atoms with Crippen molar-refractivity contribution in [1.82, 2.24) is 9.55 Å². The molecule has 1 aromatic carbocycles. The molecule has 1 aliphatic rings. The fourth-order valence-electron chi connectivity index (χ4n) is 2.25. The highest BCUT2D eigenvalue weighted by Crippen LogP contribution is 2.35. The molecule has 0 amide bonds. The first-order chi connectivity index (χ1) is 9.65. The molecular weight excluding hydrogens is 257 g/mol. The molecule has 0 aliphatic heterocycles. The lowest BCUT2D eigenvalue weighted by Gasteiger charge is -2.11. The fraction of sp³-hybridized carbons (Fsp3) is 0.400. The van der Waals surface area contributed by atoms with Gasteiger partial charge in [-0.1, -0.05) is 6.07 Å². The molecule has 1 aliphatic carbocycles. The van der Waals surface area contributed by atoms with Gasteiger partial charge in [-0.25, -0.2) is 9.37 Å². The Balaban J connectivity index is 1.69. The standard InChI is InChI=1S/C15H18FN3O/c1-10(17)14-5-4-13(6-15(14)16)20-8-12-7-18-9-19(12)11-2-3-11/h4-7,9-11H,2-3,8,17H2,1H3. The molecule has 1 fully saturated rings. The number of rotatable bonds is 5. The monoisotopic (exact) mass is 275 g/mol. The first-order valence-electron chi connectivity index (χ1n) is 6.83. The Morgan fingerprint density at radius 1 is 1.50 bits per heavy atom. The molecule has 20 heavy (non-hydrogen) atoms. The number of aromatic nitrogens is 2. The van der Waals surface area contributed by atoms with Gasteiger partial charge >= 0.3 is 0 Å². The predicted octanol–water partition coefficient (Wildman–Crippen LogP) is 2.96. The highest BCUT2D eigenvalue weighted by Gasteiger charge is 2.25.